The van der Waals surface area contributed by atoms with Crippen LogP contribution in [-0.2, 0) is 16.4 Å². The maximum Gasteiger partial charge on any atom is 0.265 e. The fraction of sp³-hybridized carbons (Fsp3) is 0.387. The third kappa shape index (κ3) is 8.14. The lowest BCUT2D eigenvalue weighted by Crippen LogP contribution is -2.33. The molecule has 0 bridgehead atoms. The van der Waals surface area contributed by atoms with E-state index in [0.717, 1.165) is 60.9 Å². The number of sulfonamides is 1. The van der Waals surface area contributed by atoms with Crippen LogP contribution in [0.3, 0.4) is 0 Å². The second kappa shape index (κ2) is 13.9. The molecule has 0 aliphatic heterocycles. The second-order valence-corrected chi connectivity index (χ2v) is 12.3. The molecule has 1 amide bonds. The highest BCUT2D eigenvalue weighted by Gasteiger charge is 2.25. The number of nitrogen functional groups attached to an aromatic ring is 1. The van der Waals surface area contributed by atoms with Gasteiger partial charge in [0.1, 0.15) is 0 Å². The molecular weight excluding hydrogens is 526 g/mol. The molecule has 3 aromatic rings. The molecule has 8 nitrogen and oxygen atoms in total. The summed E-state index contributed by atoms with van der Waals surface area (Å²) in [6.45, 7) is 0.927. The molecule has 0 saturated heterocycles. The molecule has 6 N–H and O–H groups in total. The predicted octanol–water partition coefficient (Wildman–Crippen LogP) is 3.90. The van der Waals surface area contributed by atoms with Gasteiger partial charge in [0.2, 0.25) is 10.0 Å². The van der Waals surface area contributed by atoms with Crippen LogP contribution in [0.15, 0.2) is 66.7 Å². The Morgan fingerprint density at radius 1 is 0.975 bits per heavy atom. The molecule has 0 radical (unpaired) electrons. The summed E-state index contributed by atoms with van der Waals surface area (Å²) in [6, 6.07) is 21.1. The van der Waals surface area contributed by atoms with Gasteiger partial charge in [-0.2, -0.15) is 0 Å². The van der Waals surface area contributed by atoms with Crippen LogP contribution in [0.25, 0.3) is 11.1 Å². The van der Waals surface area contributed by atoms with Crippen molar-refractivity contribution in [2.75, 3.05) is 31.2 Å². The van der Waals surface area contributed by atoms with Gasteiger partial charge in [-0.05, 0) is 84.2 Å². The fourth-order valence-electron chi connectivity index (χ4n) is 5.20. The van der Waals surface area contributed by atoms with Gasteiger partial charge in [0.05, 0.1) is 11.9 Å². The van der Waals surface area contributed by atoms with E-state index in [-0.39, 0.29) is 24.7 Å². The van der Waals surface area contributed by atoms with Gasteiger partial charge >= 0.3 is 0 Å². The van der Waals surface area contributed by atoms with Crippen LogP contribution in [0, 0.1) is 0 Å². The third-order valence-electron chi connectivity index (χ3n) is 7.45. The van der Waals surface area contributed by atoms with Crippen molar-refractivity contribution >= 4 is 21.6 Å². The van der Waals surface area contributed by atoms with Crippen LogP contribution < -0.4 is 15.8 Å². The number of carbonyl (C=O) groups excluding carboxylic acids is 1. The number of hydrogen-bond donors (Lipinski definition) is 5. The first kappa shape index (κ1) is 29.7. The van der Waals surface area contributed by atoms with Crippen LogP contribution in [0.4, 0.5) is 5.69 Å². The molecule has 0 heterocycles. The number of nitrogens with one attached hydrogen (secondary N) is 2. The first-order chi connectivity index (χ1) is 19.3. The SMILES string of the molecule is Nc1ccc([C@H](O)CNCCc2ccc(-c3ccc(C(=O)NS(=O)(=O)CCCO)c(C4CCCC4)c3)cc2)cc1. The zero-order chi connectivity index (χ0) is 28.5. The smallest absolute Gasteiger partial charge is 0.265 e. The Bertz CT molecular complexity index is 1370. The molecule has 4 rings (SSSR count). The van der Waals surface area contributed by atoms with Gasteiger partial charge in [0.25, 0.3) is 5.91 Å². The van der Waals surface area contributed by atoms with Crippen molar-refractivity contribution in [3.63, 3.8) is 0 Å². The fourth-order valence-corrected chi connectivity index (χ4v) is 6.20. The third-order valence-corrected chi connectivity index (χ3v) is 8.77. The minimum absolute atomic E-state index is 0.0780. The van der Waals surface area contributed by atoms with E-state index in [1.165, 1.54) is 5.56 Å². The summed E-state index contributed by atoms with van der Waals surface area (Å²) >= 11 is 0. The summed E-state index contributed by atoms with van der Waals surface area (Å²) in [5.74, 6) is -0.692. The molecule has 1 fully saturated rings. The normalized spacial score (nSPS) is 14.8. The molecule has 3 aromatic carbocycles. The Balaban J connectivity index is 1.40. The standard InChI is InChI=1S/C31H39N3O5S/c32-27-13-10-25(11-14-27)30(36)21-33-17-16-22-6-8-23(9-7-22)26-12-15-28(29(20-26)24-4-1-2-5-24)31(37)34-40(38,39)19-3-18-35/h6-15,20,24,30,33,35-36H,1-5,16-19,21,32H2,(H,34,37)/t30-/m1/s1. The predicted molar refractivity (Wildman–Crippen MR) is 158 cm³/mol. The van der Waals surface area contributed by atoms with Crippen LogP contribution in [0.5, 0.6) is 0 Å². The maximum atomic E-state index is 13.0. The molecule has 40 heavy (non-hydrogen) atoms. The maximum absolute atomic E-state index is 13.0. The van der Waals surface area contributed by atoms with E-state index in [9.17, 15) is 18.3 Å². The van der Waals surface area contributed by atoms with E-state index in [0.29, 0.717) is 17.8 Å². The lowest BCUT2D eigenvalue weighted by atomic mass is 9.89. The Morgan fingerprint density at radius 2 is 1.65 bits per heavy atom. The van der Waals surface area contributed by atoms with Gasteiger partial charge in [0.15, 0.2) is 0 Å². The first-order valence-corrected chi connectivity index (χ1v) is 15.5. The van der Waals surface area contributed by atoms with Crippen LogP contribution in [0.1, 0.15) is 71.2 Å². The van der Waals surface area contributed by atoms with Gasteiger partial charge in [-0.3, -0.25) is 4.79 Å². The highest BCUT2D eigenvalue weighted by atomic mass is 32.2. The Hall–Kier alpha value is -3.24. The van der Waals surface area contributed by atoms with E-state index in [1.54, 1.807) is 18.2 Å². The van der Waals surface area contributed by atoms with Crippen molar-refractivity contribution < 1.29 is 23.4 Å². The molecule has 0 spiro atoms. The van der Waals surface area contributed by atoms with Gasteiger partial charge in [0, 0.05) is 24.4 Å². The number of rotatable bonds is 13. The number of carbonyl (C=O) groups is 1. The second-order valence-electron chi connectivity index (χ2n) is 10.4. The summed E-state index contributed by atoms with van der Waals surface area (Å²) in [5.41, 5.74) is 11.7. The van der Waals surface area contributed by atoms with E-state index in [1.807, 2.05) is 24.3 Å². The Labute approximate surface area is 236 Å². The molecule has 1 aliphatic carbocycles. The lowest BCUT2D eigenvalue weighted by molar-refractivity contribution is 0.0980. The summed E-state index contributed by atoms with van der Waals surface area (Å²) in [4.78, 5) is 13.0. The lowest BCUT2D eigenvalue weighted by Gasteiger charge is -2.17. The molecule has 214 valence electrons. The summed E-state index contributed by atoms with van der Waals surface area (Å²) in [5, 5.41) is 22.6. The minimum Gasteiger partial charge on any atom is -0.399 e. The summed E-state index contributed by atoms with van der Waals surface area (Å²) in [6.07, 6.45) is 4.41. The largest absolute Gasteiger partial charge is 0.399 e. The average Bonchev–Trinajstić information content (AvgIpc) is 3.49. The van der Waals surface area contributed by atoms with Crippen LogP contribution in [-0.4, -0.2) is 50.0 Å². The highest BCUT2D eigenvalue weighted by molar-refractivity contribution is 7.90. The van der Waals surface area contributed by atoms with Crippen molar-refractivity contribution in [2.24, 2.45) is 0 Å². The molecule has 9 heteroatoms. The minimum atomic E-state index is -3.81. The number of hydrogen-bond acceptors (Lipinski definition) is 7. The number of nitrogens with two attached hydrogens (primary N) is 1. The van der Waals surface area contributed by atoms with Gasteiger partial charge < -0.3 is 21.3 Å². The topological polar surface area (TPSA) is 142 Å². The Kier molecular flexibility index (Phi) is 10.3. The zero-order valence-corrected chi connectivity index (χ0v) is 23.5. The molecule has 0 aromatic heterocycles. The quantitative estimate of drug-likeness (QED) is 0.156. The zero-order valence-electron chi connectivity index (χ0n) is 22.7. The van der Waals surface area contributed by atoms with E-state index >= 15 is 0 Å². The number of benzene rings is 3. The van der Waals surface area contributed by atoms with Crippen molar-refractivity contribution in [1.29, 1.82) is 0 Å². The number of anilines is 1. The summed E-state index contributed by atoms with van der Waals surface area (Å²) < 4.78 is 26.7. The molecule has 0 unspecified atom stereocenters. The van der Waals surface area contributed by atoms with Gasteiger partial charge in [-0.25, -0.2) is 13.1 Å². The van der Waals surface area contributed by atoms with Crippen LogP contribution in [0.2, 0.25) is 0 Å². The van der Waals surface area contributed by atoms with E-state index in [4.69, 9.17) is 10.8 Å². The van der Waals surface area contributed by atoms with E-state index in [2.05, 4.69) is 34.3 Å². The highest BCUT2D eigenvalue weighted by Crippen LogP contribution is 2.38. The number of aliphatic hydroxyl groups is 2. The molecule has 1 aliphatic rings. The monoisotopic (exact) mass is 565 g/mol. The molecular formula is C31H39N3O5S. The van der Waals surface area contributed by atoms with Gasteiger partial charge in [-0.15, -0.1) is 0 Å². The first-order valence-electron chi connectivity index (χ1n) is 13.9. The molecule has 1 atom stereocenters. The van der Waals surface area contributed by atoms with E-state index < -0.39 is 22.0 Å². The number of aliphatic hydroxyl groups excluding tert-OH is 2. The Morgan fingerprint density at radius 3 is 2.33 bits per heavy atom. The van der Waals surface area contributed by atoms with Crippen molar-refractivity contribution in [3.8, 4) is 11.1 Å². The number of amides is 1. The summed E-state index contributed by atoms with van der Waals surface area (Å²) in [7, 11) is -3.81. The van der Waals surface area contributed by atoms with Gasteiger partial charge in [-0.1, -0.05) is 61.4 Å². The van der Waals surface area contributed by atoms with Crippen molar-refractivity contribution in [2.45, 2.75) is 50.5 Å². The van der Waals surface area contributed by atoms with Crippen molar-refractivity contribution in [3.05, 3.63) is 89.0 Å². The van der Waals surface area contributed by atoms with Crippen molar-refractivity contribution in [1.82, 2.24) is 10.0 Å². The average molecular weight is 566 g/mol. The van der Waals surface area contributed by atoms with Crippen LogP contribution >= 0.6 is 0 Å². The molecule has 1 saturated carbocycles.